The summed E-state index contributed by atoms with van der Waals surface area (Å²) in [6.07, 6.45) is 0. The Labute approximate surface area is 169 Å². The molecule has 1 atom stereocenters. The molecule has 0 saturated heterocycles. The fourth-order valence-corrected chi connectivity index (χ4v) is 3.70. The van der Waals surface area contributed by atoms with E-state index in [0.29, 0.717) is 24.7 Å². The van der Waals surface area contributed by atoms with Crippen molar-refractivity contribution < 1.29 is 14.3 Å². The van der Waals surface area contributed by atoms with Crippen molar-refractivity contribution in [3.63, 3.8) is 0 Å². The Morgan fingerprint density at radius 2 is 1.64 bits per heavy atom. The van der Waals surface area contributed by atoms with Gasteiger partial charge in [-0.3, -0.25) is 4.79 Å². The molecule has 0 radical (unpaired) electrons. The number of anilines is 1. The standard InChI is InChI=1S/C23H23NO3S/c1-26-15-16-27-20-12-8-11-19(17-20)24-23(25)22(18-9-4-2-5-10-18)28-21-13-6-3-7-14-21/h2-14,17,22H,15-16H2,1H3,(H,24,25). The fraction of sp³-hybridized carbons (Fsp3) is 0.174. The highest BCUT2D eigenvalue weighted by Crippen LogP contribution is 2.36. The van der Waals surface area contributed by atoms with E-state index in [2.05, 4.69) is 5.32 Å². The Morgan fingerprint density at radius 3 is 2.36 bits per heavy atom. The number of ether oxygens (including phenoxy) is 2. The molecule has 5 heteroatoms. The van der Waals surface area contributed by atoms with Gasteiger partial charge in [-0.25, -0.2) is 0 Å². The van der Waals surface area contributed by atoms with E-state index in [1.54, 1.807) is 7.11 Å². The Kier molecular flexibility index (Phi) is 7.53. The largest absolute Gasteiger partial charge is 0.491 e. The number of amides is 1. The van der Waals surface area contributed by atoms with Crippen LogP contribution in [-0.2, 0) is 9.53 Å². The maximum absolute atomic E-state index is 13.1. The smallest absolute Gasteiger partial charge is 0.242 e. The number of carbonyl (C=O) groups is 1. The third kappa shape index (κ3) is 5.87. The summed E-state index contributed by atoms with van der Waals surface area (Å²) in [5.74, 6) is 0.621. The van der Waals surface area contributed by atoms with Crippen molar-refractivity contribution in [1.82, 2.24) is 0 Å². The number of hydrogen-bond donors (Lipinski definition) is 1. The van der Waals surface area contributed by atoms with Gasteiger partial charge >= 0.3 is 0 Å². The maximum atomic E-state index is 13.1. The lowest BCUT2D eigenvalue weighted by Crippen LogP contribution is -2.19. The number of carbonyl (C=O) groups excluding carboxylic acids is 1. The summed E-state index contributed by atoms with van der Waals surface area (Å²) in [7, 11) is 1.63. The van der Waals surface area contributed by atoms with Gasteiger partial charge in [-0.2, -0.15) is 0 Å². The lowest BCUT2D eigenvalue weighted by molar-refractivity contribution is -0.115. The molecule has 1 unspecified atom stereocenters. The monoisotopic (exact) mass is 393 g/mol. The van der Waals surface area contributed by atoms with E-state index in [9.17, 15) is 4.79 Å². The second kappa shape index (κ2) is 10.5. The predicted molar refractivity (Wildman–Crippen MR) is 114 cm³/mol. The van der Waals surface area contributed by atoms with Gasteiger partial charge < -0.3 is 14.8 Å². The number of rotatable bonds is 9. The van der Waals surface area contributed by atoms with Crippen LogP contribution in [-0.4, -0.2) is 26.2 Å². The van der Waals surface area contributed by atoms with Gasteiger partial charge in [0.05, 0.1) is 6.61 Å². The molecular weight excluding hydrogens is 370 g/mol. The molecule has 0 aromatic heterocycles. The van der Waals surface area contributed by atoms with Crippen molar-refractivity contribution >= 4 is 23.4 Å². The van der Waals surface area contributed by atoms with Crippen molar-refractivity contribution in [2.75, 3.05) is 25.6 Å². The van der Waals surface area contributed by atoms with Crippen LogP contribution >= 0.6 is 11.8 Å². The summed E-state index contributed by atoms with van der Waals surface area (Å²) < 4.78 is 10.6. The van der Waals surface area contributed by atoms with E-state index in [-0.39, 0.29) is 11.2 Å². The lowest BCUT2D eigenvalue weighted by Gasteiger charge is -2.17. The first-order valence-corrected chi connectivity index (χ1v) is 9.93. The van der Waals surface area contributed by atoms with Crippen molar-refractivity contribution in [3.05, 3.63) is 90.5 Å². The fourth-order valence-electron chi connectivity index (χ4n) is 2.65. The normalized spacial score (nSPS) is 11.6. The SMILES string of the molecule is COCCOc1cccc(NC(=O)C(Sc2ccccc2)c2ccccc2)c1. The molecule has 0 spiro atoms. The third-order valence-corrected chi connectivity index (χ3v) is 5.26. The predicted octanol–water partition coefficient (Wildman–Crippen LogP) is 5.18. The number of methoxy groups -OCH3 is 1. The topological polar surface area (TPSA) is 47.6 Å². The first kappa shape index (κ1) is 20.0. The zero-order valence-electron chi connectivity index (χ0n) is 15.7. The number of nitrogens with one attached hydrogen (secondary N) is 1. The minimum absolute atomic E-state index is 0.0749. The molecule has 1 amide bonds. The minimum atomic E-state index is -0.360. The van der Waals surface area contributed by atoms with Crippen LogP contribution in [0.4, 0.5) is 5.69 Å². The molecule has 144 valence electrons. The summed E-state index contributed by atoms with van der Waals surface area (Å²) in [5.41, 5.74) is 1.66. The molecule has 1 N–H and O–H groups in total. The summed E-state index contributed by atoms with van der Waals surface area (Å²) in [5, 5.41) is 2.66. The first-order chi connectivity index (χ1) is 13.8. The van der Waals surface area contributed by atoms with Crippen LogP contribution in [0.2, 0.25) is 0 Å². The van der Waals surface area contributed by atoms with E-state index >= 15 is 0 Å². The van der Waals surface area contributed by atoms with Gasteiger partial charge in [-0.1, -0.05) is 54.6 Å². The highest BCUT2D eigenvalue weighted by atomic mass is 32.2. The van der Waals surface area contributed by atoms with E-state index in [4.69, 9.17) is 9.47 Å². The molecule has 0 bridgehead atoms. The molecule has 0 fully saturated rings. The Bertz CT molecular complexity index is 871. The van der Waals surface area contributed by atoms with E-state index in [1.165, 1.54) is 11.8 Å². The average molecular weight is 394 g/mol. The second-order valence-electron chi connectivity index (χ2n) is 6.08. The van der Waals surface area contributed by atoms with Crippen molar-refractivity contribution in [2.24, 2.45) is 0 Å². The van der Waals surface area contributed by atoms with E-state index in [1.807, 2.05) is 84.9 Å². The van der Waals surface area contributed by atoms with Crippen LogP contribution in [0.15, 0.2) is 89.8 Å². The summed E-state index contributed by atoms with van der Waals surface area (Å²) in [6.45, 7) is 0.977. The van der Waals surface area contributed by atoms with Crippen molar-refractivity contribution in [1.29, 1.82) is 0 Å². The van der Waals surface area contributed by atoms with Gasteiger partial charge in [0.2, 0.25) is 5.91 Å². The van der Waals surface area contributed by atoms with Crippen molar-refractivity contribution in [2.45, 2.75) is 10.1 Å². The van der Waals surface area contributed by atoms with E-state index < -0.39 is 0 Å². The van der Waals surface area contributed by atoms with Gasteiger partial charge in [-0.05, 0) is 29.8 Å². The molecule has 3 aromatic carbocycles. The first-order valence-electron chi connectivity index (χ1n) is 9.05. The van der Waals surface area contributed by atoms with Gasteiger partial charge in [-0.15, -0.1) is 11.8 Å². The third-order valence-electron chi connectivity index (χ3n) is 4.00. The second-order valence-corrected chi connectivity index (χ2v) is 7.26. The zero-order valence-corrected chi connectivity index (χ0v) is 16.5. The van der Waals surface area contributed by atoms with Crippen LogP contribution in [0.1, 0.15) is 10.8 Å². The lowest BCUT2D eigenvalue weighted by atomic mass is 10.1. The Hall–Kier alpha value is -2.76. The number of thioether (sulfide) groups is 1. The number of benzene rings is 3. The van der Waals surface area contributed by atoms with Crippen LogP contribution in [0.3, 0.4) is 0 Å². The Morgan fingerprint density at radius 1 is 0.929 bits per heavy atom. The summed E-state index contributed by atoms with van der Waals surface area (Å²) in [6, 6.07) is 27.1. The van der Waals surface area contributed by atoms with Crippen LogP contribution in [0, 0.1) is 0 Å². The molecule has 0 aliphatic carbocycles. The van der Waals surface area contributed by atoms with Gasteiger partial charge in [0, 0.05) is 23.8 Å². The minimum Gasteiger partial charge on any atom is -0.491 e. The maximum Gasteiger partial charge on any atom is 0.242 e. The molecule has 0 aliphatic rings. The zero-order chi connectivity index (χ0) is 19.6. The molecule has 3 aromatic rings. The van der Waals surface area contributed by atoms with Crippen LogP contribution < -0.4 is 10.1 Å². The summed E-state index contributed by atoms with van der Waals surface area (Å²) in [4.78, 5) is 14.1. The average Bonchev–Trinajstić information content (AvgIpc) is 2.74. The van der Waals surface area contributed by atoms with Gasteiger partial charge in [0.1, 0.15) is 17.6 Å². The van der Waals surface area contributed by atoms with Crippen LogP contribution in [0.5, 0.6) is 5.75 Å². The Balaban J connectivity index is 1.75. The highest BCUT2D eigenvalue weighted by molar-refractivity contribution is 8.00. The van der Waals surface area contributed by atoms with Crippen LogP contribution in [0.25, 0.3) is 0 Å². The molecule has 3 rings (SSSR count). The number of hydrogen-bond acceptors (Lipinski definition) is 4. The molecular formula is C23H23NO3S. The van der Waals surface area contributed by atoms with Gasteiger partial charge in [0.25, 0.3) is 0 Å². The quantitative estimate of drug-likeness (QED) is 0.402. The molecule has 28 heavy (non-hydrogen) atoms. The highest BCUT2D eigenvalue weighted by Gasteiger charge is 2.22. The van der Waals surface area contributed by atoms with Gasteiger partial charge in [0.15, 0.2) is 0 Å². The molecule has 4 nitrogen and oxygen atoms in total. The van der Waals surface area contributed by atoms with Crippen molar-refractivity contribution in [3.8, 4) is 5.75 Å². The molecule has 0 heterocycles. The molecule has 0 saturated carbocycles. The molecule has 0 aliphatic heterocycles. The summed E-state index contributed by atoms with van der Waals surface area (Å²) >= 11 is 1.53. The van der Waals surface area contributed by atoms with E-state index in [0.717, 1.165) is 10.5 Å².